The maximum atomic E-state index is 14.2. The van der Waals surface area contributed by atoms with Crippen molar-refractivity contribution in [2.45, 2.75) is 20.0 Å². The Bertz CT molecular complexity index is 1080. The lowest BCUT2D eigenvalue weighted by Gasteiger charge is -2.14. The second-order valence-electron chi connectivity index (χ2n) is 7.70. The molecule has 0 bridgehead atoms. The molecule has 1 aliphatic rings. The van der Waals surface area contributed by atoms with Gasteiger partial charge in [0.05, 0.1) is 5.92 Å². The zero-order valence-corrected chi connectivity index (χ0v) is 16.7. The first-order valence-electron chi connectivity index (χ1n) is 9.38. The number of nitrogens with zero attached hydrogens (tertiary/aromatic N) is 1. The lowest BCUT2D eigenvalue weighted by molar-refractivity contribution is -0.149. The van der Waals surface area contributed by atoms with Crippen molar-refractivity contribution >= 4 is 11.9 Å². The SMILES string of the molecule is CC1(C)[C@H](C(=O)OC(C#N)c2ccc(F)c(Oc3ccccc3)c2)[C@@H]1/C=C(/F)C(=O)O. The number of hydrogen-bond donors (Lipinski definition) is 1. The quantitative estimate of drug-likeness (QED) is 0.497. The molecule has 0 aromatic heterocycles. The normalized spacial score (nSPS) is 20.3. The molecule has 0 heterocycles. The lowest BCUT2D eigenvalue weighted by atomic mass is 10.1. The largest absolute Gasteiger partial charge is 0.476 e. The molecule has 0 aliphatic heterocycles. The van der Waals surface area contributed by atoms with Crippen molar-refractivity contribution in [2.24, 2.45) is 17.3 Å². The molecule has 1 unspecified atom stereocenters. The smallest absolute Gasteiger partial charge is 0.364 e. The fourth-order valence-electron chi connectivity index (χ4n) is 3.40. The Balaban J connectivity index is 1.77. The number of nitriles is 1. The van der Waals surface area contributed by atoms with Crippen LogP contribution in [0.25, 0.3) is 0 Å². The summed E-state index contributed by atoms with van der Waals surface area (Å²) in [7, 11) is 0. The number of aliphatic carboxylic acids is 1. The monoisotopic (exact) mass is 427 g/mol. The molecule has 1 aliphatic carbocycles. The van der Waals surface area contributed by atoms with Gasteiger partial charge in [0.2, 0.25) is 11.9 Å². The van der Waals surface area contributed by atoms with Crippen molar-refractivity contribution in [1.82, 2.24) is 0 Å². The van der Waals surface area contributed by atoms with Gasteiger partial charge in [0.15, 0.2) is 11.6 Å². The van der Waals surface area contributed by atoms with E-state index in [0.29, 0.717) is 5.75 Å². The predicted octanol–water partition coefficient (Wildman–Crippen LogP) is 4.94. The zero-order chi connectivity index (χ0) is 22.8. The van der Waals surface area contributed by atoms with E-state index in [1.165, 1.54) is 12.1 Å². The molecule has 1 N–H and O–H groups in total. The van der Waals surface area contributed by atoms with Gasteiger partial charge < -0.3 is 14.6 Å². The average molecular weight is 427 g/mol. The summed E-state index contributed by atoms with van der Waals surface area (Å²) >= 11 is 0. The Morgan fingerprint density at radius 3 is 2.52 bits per heavy atom. The number of allylic oxidation sites excluding steroid dienone is 1. The Morgan fingerprint density at radius 2 is 1.90 bits per heavy atom. The molecule has 0 amide bonds. The summed E-state index contributed by atoms with van der Waals surface area (Å²) in [6, 6.07) is 14.0. The van der Waals surface area contributed by atoms with Crippen molar-refractivity contribution in [3.63, 3.8) is 0 Å². The van der Waals surface area contributed by atoms with Gasteiger partial charge in [-0.1, -0.05) is 38.1 Å². The Kier molecular flexibility index (Phi) is 6.07. The van der Waals surface area contributed by atoms with Gasteiger partial charge in [0, 0.05) is 5.56 Å². The van der Waals surface area contributed by atoms with Crippen molar-refractivity contribution in [3.05, 3.63) is 71.8 Å². The van der Waals surface area contributed by atoms with Crippen LogP contribution in [0.1, 0.15) is 25.5 Å². The number of carboxylic acids is 1. The number of carboxylic acid groups (broad SMARTS) is 1. The molecule has 0 spiro atoms. The first kappa shape index (κ1) is 22.0. The highest BCUT2D eigenvalue weighted by atomic mass is 19.1. The van der Waals surface area contributed by atoms with Crippen molar-refractivity contribution in [3.8, 4) is 17.6 Å². The van der Waals surface area contributed by atoms with E-state index in [1.807, 2.05) is 6.07 Å². The van der Waals surface area contributed by atoms with Gasteiger partial charge in [-0.15, -0.1) is 0 Å². The number of hydrogen-bond acceptors (Lipinski definition) is 5. The van der Waals surface area contributed by atoms with Gasteiger partial charge in [-0.2, -0.15) is 9.65 Å². The van der Waals surface area contributed by atoms with Crippen molar-refractivity contribution in [1.29, 1.82) is 5.26 Å². The van der Waals surface area contributed by atoms with E-state index in [1.54, 1.807) is 44.2 Å². The summed E-state index contributed by atoms with van der Waals surface area (Å²) in [6.45, 7) is 3.33. The average Bonchev–Trinajstić information content (AvgIpc) is 3.28. The second-order valence-corrected chi connectivity index (χ2v) is 7.70. The third-order valence-corrected chi connectivity index (χ3v) is 5.28. The van der Waals surface area contributed by atoms with E-state index in [9.17, 15) is 23.6 Å². The van der Waals surface area contributed by atoms with Crippen LogP contribution in [0, 0.1) is 34.4 Å². The summed E-state index contributed by atoms with van der Waals surface area (Å²) < 4.78 is 38.4. The van der Waals surface area contributed by atoms with Gasteiger partial charge in [-0.25, -0.2) is 9.18 Å². The third-order valence-electron chi connectivity index (χ3n) is 5.28. The van der Waals surface area contributed by atoms with Crippen LogP contribution in [-0.4, -0.2) is 17.0 Å². The van der Waals surface area contributed by atoms with E-state index in [-0.39, 0.29) is 11.3 Å². The summed E-state index contributed by atoms with van der Waals surface area (Å²) in [5.41, 5.74) is -0.528. The van der Waals surface area contributed by atoms with Crippen molar-refractivity contribution < 1.29 is 33.0 Å². The molecule has 8 heteroatoms. The highest BCUT2D eigenvalue weighted by molar-refractivity contribution is 5.85. The van der Waals surface area contributed by atoms with Gasteiger partial charge in [0.25, 0.3) is 0 Å². The summed E-state index contributed by atoms with van der Waals surface area (Å²) in [5, 5.41) is 18.2. The highest BCUT2D eigenvalue weighted by Crippen LogP contribution is 2.60. The highest BCUT2D eigenvalue weighted by Gasteiger charge is 2.62. The van der Waals surface area contributed by atoms with E-state index >= 15 is 0 Å². The van der Waals surface area contributed by atoms with Crippen LogP contribution in [0.3, 0.4) is 0 Å². The van der Waals surface area contributed by atoms with Gasteiger partial charge in [-0.05, 0) is 41.7 Å². The van der Waals surface area contributed by atoms with Gasteiger partial charge >= 0.3 is 11.9 Å². The van der Waals surface area contributed by atoms with E-state index in [4.69, 9.17) is 14.6 Å². The number of halogens is 2. The summed E-state index contributed by atoms with van der Waals surface area (Å²) in [5.74, 6) is -5.75. The molecule has 0 radical (unpaired) electrons. The fraction of sp³-hybridized carbons (Fsp3) is 0.261. The number of para-hydroxylation sites is 1. The summed E-state index contributed by atoms with van der Waals surface area (Å²) in [6.07, 6.45) is -0.476. The van der Waals surface area contributed by atoms with Gasteiger partial charge in [0.1, 0.15) is 11.8 Å². The molecule has 3 rings (SSSR count). The fourth-order valence-corrected chi connectivity index (χ4v) is 3.40. The van der Waals surface area contributed by atoms with Crippen LogP contribution < -0.4 is 4.74 Å². The third kappa shape index (κ3) is 4.72. The molecular weight excluding hydrogens is 408 g/mol. The van der Waals surface area contributed by atoms with E-state index in [2.05, 4.69) is 0 Å². The molecule has 1 saturated carbocycles. The Labute approximate surface area is 177 Å². The van der Waals surface area contributed by atoms with Gasteiger partial charge in [-0.3, -0.25) is 4.79 Å². The second kappa shape index (κ2) is 8.56. The number of rotatable bonds is 7. The van der Waals surface area contributed by atoms with Crippen LogP contribution >= 0.6 is 0 Å². The van der Waals surface area contributed by atoms with Crippen LogP contribution in [0.15, 0.2) is 60.4 Å². The van der Waals surface area contributed by atoms with Crippen LogP contribution in [0.2, 0.25) is 0 Å². The number of carbonyl (C=O) groups is 2. The number of carbonyl (C=O) groups excluding carboxylic acids is 1. The molecule has 3 atom stereocenters. The first-order chi connectivity index (χ1) is 14.6. The Morgan fingerprint density at radius 1 is 1.23 bits per heavy atom. The minimum absolute atomic E-state index is 0.143. The molecule has 2 aromatic carbocycles. The number of benzene rings is 2. The molecule has 160 valence electrons. The maximum absolute atomic E-state index is 14.2. The standard InChI is InChI=1S/C23H19F2NO5/c1-23(2)15(11-17(25)21(27)28)20(23)22(29)31-19(12-26)13-8-9-16(24)18(10-13)30-14-6-4-3-5-7-14/h3-11,15,19-20H,1-2H3,(H,27,28)/b17-11+/t15-,19?,20-/m0/s1. The minimum atomic E-state index is -1.72. The van der Waals surface area contributed by atoms with E-state index in [0.717, 1.165) is 12.1 Å². The van der Waals surface area contributed by atoms with Crippen LogP contribution in [0.4, 0.5) is 8.78 Å². The van der Waals surface area contributed by atoms with Crippen LogP contribution in [-0.2, 0) is 14.3 Å². The molecule has 6 nitrogen and oxygen atoms in total. The number of esters is 1. The number of ether oxygens (including phenoxy) is 2. The predicted molar refractivity (Wildman–Crippen MR) is 105 cm³/mol. The van der Waals surface area contributed by atoms with Crippen molar-refractivity contribution in [2.75, 3.05) is 0 Å². The zero-order valence-electron chi connectivity index (χ0n) is 16.7. The maximum Gasteiger partial charge on any atom is 0.364 e. The lowest BCUT2D eigenvalue weighted by Crippen LogP contribution is -2.14. The minimum Gasteiger partial charge on any atom is -0.476 e. The molecule has 0 saturated heterocycles. The van der Waals surface area contributed by atoms with Crippen LogP contribution in [0.5, 0.6) is 11.5 Å². The first-order valence-corrected chi connectivity index (χ1v) is 9.38. The molecular formula is C23H19F2NO5. The molecule has 31 heavy (non-hydrogen) atoms. The topological polar surface area (TPSA) is 96.6 Å². The Hall–Kier alpha value is -3.73. The molecule has 1 fully saturated rings. The van der Waals surface area contributed by atoms with E-state index < -0.39 is 46.9 Å². The molecule has 2 aromatic rings. The summed E-state index contributed by atoms with van der Waals surface area (Å²) in [4.78, 5) is 23.3.